The first-order chi connectivity index (χ1) is 13.0. The quantitative estimate of drug-likeness (QED) is 0.417. The third kappa shape index (κ3) is 5.21. The monoisotopic (exact) mass is 382 g/mol. The molecule has 1 N–H and O–H groups in total. The van der Waals surface area contributed by atoms with E-state index in [4.69, 9.17) is 16.3 Å². The standard InChI is InChI=1S/C21H19ClN2O3/c1-15-3-2-4-18(11-15)23-13-17-7-10-21(20(22)12-17)27-14-16-5-8-19(9-6-16)24(25)26/h2-12,23H,13-14H2,1H3. The van der Waals surface area contributed by atoms with Gasteiger partial charge in [-0.05, 0) is 60.0 Å². The van der Waals surface area contributed by atoms with E-state index >= 15 is 0 Å². The Balaban J connectivity index is 1.58. The molecule has 0 aliphatic heterocycles. The van der Waals surface area contributed by atoms with Crippen LogP contribution in [0.25, 0.3) is 0 Å². The van der Waals surface area contributed by atoms with Crippen molar-refractivity contribution in [3.05, 3.63) is 98.6 Å². The minimum Gasteiger partial charge on any atom is -0.487 e. The van der Waals surface area contributed by atoms with Crippen LogP contribution < -0.4 is 10.1 Å². The number of hydrogen-bond acceptors (Lipinski definition) is 4. The molecule has 0 spiro atoms. The predicted octanol–water partition coefficient (Wildman–Crippen LogP) is 5.75. The van der Waals surface area contributed by atoms with Crippen molar-refractivity contribution < 1.29 is 9.66 Å². The predicted molar refractivity (Wildman–Crippen MR) is 107 cm³/mol. The van der Waals surface area contributed by atoms with E-state index in [1.807, 2.05) is 30.3 Å². The fraction of sp³-hybridized carbons (Fsp3) is 0.143. The molecular weight excluding hydrogens is 364 g/mol. The van der Waals surface area contributed by atoms with Crippen LogP contribution in [0.4, 0.5) is 11.4 Å². The van der Waals surface area contributed by atoms with Gasteiger partial charge in [-0.2, -0.15) is 0 Å². The molecule has 0 aliphatic carbocycles. The van der Waals surface area contributed by atoms with E-state index in [9.17, 15) is 10.1 Å². The summed E-state index contributed by atoms with van der Waals surface area (Å²) in [5, 5.41) is 14.6. The Morgan fingerprint density at radius 1 is 1.04 bits per heavy atom. The Morgan fingerprint density at radius 3 is 2.44 bits per heavy atom. The molecule has 3 aromatic carbocycles. The minimum atomic E-state index is -0.426. The number of nitro benzene ring substituents is 1. The first-order valence-electron chi connectivity index (χ1n) is 8.46. The van der Waals surface area contributed by atoms with E-state index in [0.29, 0.717) is 23.9 Å². The van der Waals surface area contributed by atoms with Crippen molar-refractivity contribution in [2.45, 2.75) is 20.1 Å². The van der Waals surface area contributed by atoms with Crippen LogP contribution in [0, 0.1) is 17.0 Å². The molecule has 0 fully saturated rings. The molecule has 0 bridgehead atoms. The topological polar surface area (TPSA) is 64.4 Å². The highest BCUT2D eigenvalue weighted by Gasteiger charge is 2.07. The molecule has 0 saturated carbocycles. The number of halogens is 1. The molecule has 0 unspecified atom stereocenters. The van der Waals surface area contributed by atoms with Gasteiger partial charge in [0.2, 0.25) is 0 Å². The Morgan fingerprint density at radius 2 is 1.78 bits per heavy atom. The smallest absolute Gasteiger partial charge is 0.269 e. The summed E-state index contributed by atoms with van der Waals surface area (Å²) < 4.78 is 5.73. The van der Waals surface area contributed by atoms with E-state index in [2.05, 4.69) is 24.4 Å². The summed E-state index contributed by atoms with van der Waals surface area (Å²) in [6.07, 6.45) is 0. The fourth-order valence-electron chi connectivity index (χ4n) is 2.61. The number of anilines is 1. The molecule has 0 radical (unpaired) electrons. The van der Waals surface area contributed by atoms with Crippen LogP contribution in [0.15, 0.2) is 66.7 Å². The Labute approximate surface area is 162 Å². The van der Waals surface area contributed by atoms with Crippen molar-refractivity contribution in [3.8, 4) is 5.75 Å². The van der Waals surface area contributed by atoms with Gasteiger partial charge in [0.05, 0.1) is 9.95 Å². The van der Waals surface area contributed by atoms with Crippen LogP contribution in [0.3, 0.4) is 0 Å². The number of rotatable bonds is 7. The van der Waals surface area contributed by atoms with E-state index in [-0.39, 0.29) is 5.69 Å². The van der Waals surface area contributed by atoms with E-state index in [1.54, 1.807) is 12.1 Å². The molecule has 0 atom stereocenters. The third-order valence-corrected chi connectivity index (χ3v) is 4.35. The van der Waals surface area contributed by atoms with Gasteiger partial charge in [-0.25, -0.2) is 0 Å². The first-order valence-corrected chi connectivity index (χ1v) is 8.84. The molecular formula is C21H19ClN2O3. The maximum absolute atomic E-state index is 10.7. The molecule has 138 valence electrons. The molecule has 3 rings (SSSR count). The number of non-ortho nitro benzene ring substituents is 1. The van der Waals surface area contributed by atoms with Crippen LogP contribution in [0.5, 0.6) is 5.75 Å². The lowest BCUT2D eigenvalue weighted by Gasteiger charge is -2.11. The lowest BCUT2D eigenvalue weighted by molar-refractivity contribution is -0.384. The van der Waals surface area contributed by atoms with Gasteiger partial charge in [-0.3, -0.25) is 10.1 Å². The van der Waals surface area contributed by atoms with Crippen molar-refractivity contribution >= 4 is 23.0 Å². The highest BCUT2D eigenvalue weighted by atomic mass is 35.5. The number of nitrogens with zero attached hydrogens (tertiary/aromatic N) is 1. The summed E-state index contributed by atoms with van der Waals surface area (Å²) >= 11 is 6.33. The second kappa shape index (κ2) is 8.56. The summed E-state index contributed by atoms with van der Waals surface area (Å²) in [4.78, 5) is 10.3. The second-order valence-corrected chi connectivity index (χ2v) is 6.61. The number of aryl methyl sites for hydroxylation is 1. The van der Waals surface area contributed by atoms with Gasteiger partial charge >= 0.3 is 0 Å². The Bertz CT molecular complexity index is 942. The fourth-order valence-corrected chi connectivity index (χ4v) is 2.86. The van der Waals surface area contributed by atoms with Crippen molar-refractivity contribution in [1.82, 2.24) is 0 Å². The average Bonchev–Trinajstić information content (AvgIpc) is 2.66. The van der Waals surface area contributed by atoms with Crippen LogP contribution in [-0.4, -0.2) is 4.92 Å². The Hall–Kier alpha value is -3.05. The van der Waals surface area contributed by atoms with E-state index < -0.39 is 4.92 Å². The van der Waals surface area contributed by atoms with Crippen molar-refractivity contribution in [2.75, 3.05) is 5.32 Å². The van der Waals surface area contributed by atoms with Crippen LogP contribution in [-0.2, 0) is 13.2 Å². The largest absolute Gasteiger partial charge is 0.487 e. The number of ether oxygens (including phenoxy) is 1. The summed E-state index contributed by atoms with van der Waals surface area (Å²) in [6, 6.07) is 20.1. The maximum Gasteiger partial charge on any atom is 0.269 e. The summed E-state index contributed by atoms with van der Waals surface area (Å²) in [5.41, 5.74) is 4.20. The number of hydrogen-bond donors (Lipinski definition) is 1. The molecule has 6 heteroatoms. The highest BCUT2D eigenvalue weighted by Crippen LogP contribution is 2.27. The van der Waals surface area contributed by atoms with Gasteiger partial charge in [-0.1, -0.05) is 29.8 Å². The normalized spacial score (nSPS) is 10.4. The van der Waals surface area contributed by atoms with Gasteiger partial charge in [0, 0.05) is 24.4 Å². The molecule has 0 amide bonds. The van der Waals surface area contributed by atoms with Gasteiger partial charge in [-0.15, -0.1) is 0 Å². The maximum atomic E-state index is 10.7. The van der Waals surface area contributed by atoms with Crippen molar-refractivity contribution in [3.63, 3.8) is 0 Å². The molecule has 0 aliphatic rings. The van der Waals surface area contributed by atoms with Crippen LogP contribution in [0.2, 0.25) is 5.02 Å². The van der Waals surface area contributed by atoms with Gasteiger partial charge < -0.3 is 10.1 Å². The summed E-state index contributed by atoms with van der Waals surface area (Å²) in [7, 11) is 0. The SMILES string of the molecule is Cc1cccc(NCc2ccc(OCc3ccc([N+](=O)[O-])cc3)c(Cl)c2)c1. The zero-order chi connectivity index (χ0) is 19.2. The van der Waals surface area contributed by atoms with E-state index in [0.717, 1.165) is 16.8 Å². The molecule has 3 aromatic rings. The van der Waals surface area contributed by atoms with Crippen molar-refractivity contribution in [2.24, 2.45) is 0 Å². The molecule has 0 heterocycles. The van der Waals surface area contributed by atoms with Crippen LogP contribution >= 0.6 is 11.6 Å². The van der Waals surface area contributed by atoms with Crippen LogP contribution in [0.1, 0.15) is 16.7 Å². The minimum absolute atomic E-state index is 0.0576. The summed E-state index contributed by atoms with van der Waals surface area (Å²) in [6.45, 7) is 3.00. The van der Waals surface area contributed by atoms with Gasteiger partial charge in [0.25, 0.3) is 5.69 Å². The lowest BCUT2D eigenvalue weighted by Crippen LogP contribution is -2.01. The van der Waals surface area contributed by atoms with Gasteiger partial charge in [0.15, 0.2) is 0 Å². The molecule has 27 heavy (non-hydrogen) atoms. The van der Waals surface area contributed by atoms with Crippen molar-refractivity contribution in [1.29, 1.82) is 0 Å². The molecule has 0 saturated heterocycles. The molecule has 0 aromatic heterocycles. The Kier molecular flexibility index (Phi) is 5.94. The van der Waals surface area contributed by atoms with E-state index in [1.165, 1.54) is 17.7 Å². The average molecular weight is 383 g/mol. The highest BCUT2D eigenvalue weighted by molar-refractivity contribution is 6.32. The third-order valence-electron chi connectivity index (χ3n) is 4.05. The molecule has 5 nitrogen and oxygen atoms in total. The number of nitro groups is 1. The first kappa shape index (κ1) is 18.7. The van der Waals surface area contributed by atoms with Gasteiger partial charge in [0.1, 0.15) is 12.4 Å². The second-order valence-electron chi connectivity index (χ2n) is 6.20. The zero-order valence-electron chi connectivity index (χ0n) is 14.8. The number of benzene rings is 3. The summed E-state index contributed by atoms with van der Waals surface area (Å²) in [5.74, 6) is 0.578. The number of nitrogens with one attached hydrogen (secondary N) is 1. The zero-order valence-corrected chi connectivity index (χ0v) is 15.6. The lowest BCUT2D eigenvalue weighted by atomic mass is 10.2.